The van der Waals surface area contributed by atoms with E-state index < -0.39 is 10.8 Å². The fraction of sp³-hybridized carbons (Fsp3) is 0.478. The number of hydrogen-bond donors (Lipinski definition) is 2. The normalized spacial score (nSPS) is 19.5. The second-order valence-corrected chi connectivity index (χ2v) is 9.56. The Balaban J connectivity index is 0.00000363. The van der Waals surface area contributed by atoms with Crippen molar-refractivity contribution in [3.8, 4) is 11.6 Å². The van der Waals surface area contributed by atoms with E-state index in [2.05, 4.69) is 20.6 Å². The van der Waals surface area contributed by atoms with Crippen LogP contribution in [0.3, 0.4) is 0 Å². The van der Waals surface area contributed by atoms with Gasteiger partial charge in [-0.15, -0.1) is 24.0 Å². The van der Waals surface area contributed by atoms with Crippen LogP contribution in [-0.4, -0.2) is 38.7 Å². The summed E-state index contributed by atoms with van der Waals surface area (Å²) in [4.78, 5) is 8.97. The molecule has 1 fully saturated rings. The lowest BCUT2D eigenvalue weighted by molar-refractivity contribution is 0.413. The molecule has 2 N–H and O–H groups in total. The van der Waals surface area contributed by atoms with Crippen molar-refractivity contribution in [1.29, 1.82) is 0 Å². The first-order valence-corrected chi connectivity index (χ1v) is 12.3. The summed E-state index contributed by atoms with van der Waals surface area (Å²) in [5, 5.41) is 7.07. The van der Waals surface area contributed by atoms with E-state index in [0.29, 0.717) is 18.2 Å². The van der Waals surface area contributed by atoms with E-state index in [1.165, 1.54) is 12.1 Å². The number of nitrogens with one attached hydrogen (secondary N) is 2. The molecule has 1 aromatic carbocycles. The minimum atomic E-state index is -0.746. The maximum absolute atomic E-state index is 13.3. The summed E-state index contributed by atoms with van der Waals surface area (Å²) in [7, 11) is -0.746. The lowest BCUT2D eigenvalue weighted by atomic mass is 9.95. The van der Waals surface area contributed by atoms with Crippen LogP contribution in [0, 0.1) is 5.82 Å². The van der Waals surface area contributed by atoms with Crippen LogP contribution in [-0.2, 0) is 17.3 Å². The lowest BCUT2D eigenvalue weighted by Gasteiger charge is -2.30. The number of rotatable bonds is 8. The molecule has 1 aliphatic carbocycles. The minimum Gasteiger partial charge on any atom is -0.439 e. The zero-order chi connectivity index (χ0) is 22.1. The van der Waals surface area contributed by atoms with Gasteiger partial charge >= 0.3 is 0 Å². The van der Waals surface area contributed by atoms with Crippen LogP contribution in [0.5, 0.6) is 11.6 Å². The van der Waals surface area contributed by atoms with Gasteiger partial charge in [0, 0.05) is 52.7 Å². The second-order valence-electron chi connectivity index (χ2n) is 7.56. The molecule has 0 bridgehead atoms. The molecule has 6 nitrogen and oxygen atoms in total. The molecule has 32 heavy (non-hydrogen) atoms. The van der Waals surface area contributed by atoms with Crippen LogP contribution < -0.4 is 15.4 Å². The number of ether oxygens (including phenoxy) is 1. The third-order valence-corrected chi connectivity index (χ3v) is 6.94. The Morgan fingerprint density at radius 2 is 2.12 bits per heavy atom. The zero-order valence-corrected chi connectivity index (χ0v) is 21.7. The molecule has 0 spiro atoms. The Morgan fingerprint density at radius 3 is 2.81 bits per heavy atom. The summed E-state index contributed by atoms with van der Waals surface area (Å²) in [5.74, 6) is 1.94. The van der Waals surface area contributed by atoms with Gasteiger partial charge in [0.25, 0.3) is 0 Å². The first-order chi connectivity index (χ1) is 15.1. The van der Waals surface area contributed by atoms with Crippen molar-refractivity contribution < 1.29 is 13.3 Å². The highest BCUT2D eigenvalue weighted by Crippen LogP contribution is 2.23. The highest BCUT2D eigenvalue weighted by atomic mass is 127. The quantitative estimate of drug-likeness (QED) is 0.270. The Kier molecular flexibility index (Phi) is 11.4. The standard InChI is InChI=1S/C23H31FN4O2S.HI/c1-3-25-23(28-19-8-6-10-21(14-19)31(29)4-2)27-16-17-11-12-22(26-15-17)30-20-9-5-7-18(24)13-20;/h5,7,9,11-13,15,19,21H,3-4,6,8,10,14,16H2,1-2H3,(H2,25,27,28);1H. The molecule has 0 amide bonds. The average molecular weight is 575 g/mol. The van der Waals surface area contributed by atoms with Gasteiger partial charge in [0.15, 0.2) is 5.96 Å². The van der Waals surface area contributed by atoms with Gasteiger partial charge in [0.2, 0.25) is 5.88 Å². The molecule has 0 saturated heterocycles. The zero-order valence-electron chi connectivity index (χ0n) is 18.6. The molecule has 1 saturated carbocycles. The van der Waals surface area contributed by atoms with Gasteiger partial charge in [-0.2, -0.15) is 0 Å². The molecule has 3 rings (SSSR count). The molecule has 9 heteroatoms. The fourth-order valence-corrected chi connectivity index (χ4v) is 5.00. The van der Waals surface area contributed by atoms with Crippen LogP contribution >= 0.6 is 24.0 Å². The van der Waals surface area contributed by atoms with Crippen molar-refractivity contribution in [3.05, 3.63) is 54.0 Å². The van der Waals surface area contributed by atoms with Crippen molar-refractivity contribution >= 4 is 40.7 Å². The number of halogens is 2. The summed E-state index contributed by atoms with van der Waals surface area (Å²) in [6.07, 6.45) is 5.82. The van der Waals surface area contributed by atoms with Gasteiger partial charge in [-0.05, 0) is 43.9 Å². The van der Waals surface area contributed by atoms with Crippen molar-refractivity contribution in [3.63, 3.8) is 0 Å². The first-order valence-electron chi connectivity index (χ1n) is 10.9. The van der Waals surface area contributed by atoms with Gasteiger partial charge in [-0.25, -0.2) is 14.4 Å². The second kappa shape index (κ2) is 13.7. The highest BCUT2D eigenvalue weighted by Gasteiger charge is 2.26. The maximum Gasteiger partial charge on any atom is 0.219 e. The van der Waals surface area contributed by atoms with Crippen LogP contribution in [0.2, 0.25) is 0 Å². The predicted octanol–water partition coefficient (Wildman–Crippen LogP) is 4.77. The number of aromatic nitrogens is 1. The molecule has 0 radical (unpaired) electrons. The Hall–Kier alpha value is -1.75. The molecule has 1 heterocycles. The van der Waals surface area contributed by atoms with E-state index in [1.54, 1.807) is 24.4 Å². The molecule has 1 aromatic heterocycles. The molecular weight excluding hydrogens is 542 g/mol. The predicted molar refractivity (Wildman–Crippen MR) is 139 cm³/mol. The number of guanidine groups is 1. The van der Waals surface area contributed by atoms with Crippen LogP contribution in [0.25, 0.3) is 0 Å². The Bertz CT molecular complexity index is 898. The van der Waals surface area contributed by atoms with Gasteiger partial charge in [0.1, 0.15) is 11.6 Å². The summed E-state index contributed by atoms with van der Waals surface area (Å²) in [5.41, 5.74) is 0.942. The lowest BCUT2D eigenvalue weighted by Crippen LogP contribution is -2.46. The van der Waals surface area contributed by atoms with E-state index in [1.807, 2.05) is 19.9 Å². The topological polar surface area (TPSA) is 75.6 Å². The summed E-state index contributed by atoms with van der Waals surface area (Å²) in [6.45, 7) is 5.26. The van der Waals surface area contributed by atoms with Crippen molar-refractivity contribution in [1.82, 2.24) is 15.6 Å². The van der Waals surface area contributed by atoms with Gasteiger partial charge in [0.05, 0.1) is 6.54 Å². The largest absolute Gasteiger partial charge is 0.439 e. The third-order valence-electron chi connectivity index (χ3n) is 5.20. The fourth-order valence-electron chi connectivity index (χ4n) is 3.65. The molecule has 1 aliphatic rings. The average Bonchev–Trinajstić information content (AvgIpc) is 2.78. The van der Waals surface area contributed by atoms with Crippen LogP contribution in [0.15, 0.2) is 47.6 Å². The molecular formula is C23H32FIN4O2S. The van der Waals surface area contributed by atoms with Crippen molar-refractivity contribution in [2.45, 2.75) is 57.4 Å². The molecule has 0 aliphatic heterocycles. The van der Waals surface area contributed by atoms with Crippen molar-refractivity contribution in [2.24, 2.45) is 4.99 Å². The first kappa shape index (κ1) is 26.5. The summed E-state index contributed by atoms with van der Waals surface area (Å²) >= 11 is 0. The number of nitrogens with zero attached hydrogens (tertiary/aromatic N) is 2. The molecule has 3 unspecified atom stereocenters. The molecule has 2 aromatic rings. The Morgan fingerprint density at radius 1 is 1.28 bits per heavy atom. The summed E-state index contributed by atoms with van der Waals surface area (Å²) < 4.78 is 31.1. The highest BCUT2D eigenvalue weighted by molar-refractivity contribution is 14.0. The Labute approximate surface area is 209 Å². The van der Waals surface area contributed by atoms with Gasteiger partial charge in [-0.1, -0.05) is 25.5 Å². The van der Waals surface area contributed by atoms with E-state index in [9.17, 15) is 8.60 Å². The van der Waals surface area contributed by atoms with Crippen molar-refractivity contribution in [2.75, 3.05) is 12.3 Å². The molecule has 3 atom stereocenters. The van der Waals surface area contributed by atoms with E-state index in [4.69, 9.17) is 4.74 Å². The summed E-state index contributed by atoms with van der Waals surface area (Å²) in [6, 6.07) is 9.90. The third kappa shape index (κ3) is 8.31. The van der Waals surface area contributed by atoms with E-state index in [-0.39, 0.29) is 41.1 Å². The van der Waals surface area contributed by atoms with E-state index >= 15 is 0 Å². The minimum absolute atomic E-state index is 0. The number of pyridine rings is 1. The number of benzene rings is 1. The monoisotopic (exact) mass is 574 g/mol. The van der Waals surface area contributed by atoms with Crippen LogP contribution in [0.1, 0.15) is 45.1 Å². The SMILES string of the molecule is CCNC(=NCc1ccc(Oc2cccc(F)c2)nc1)NC1CCCC(S(=O)CC)C1.I. The van der Waals surface area contributed by atoms with Gasteiger partial charge < -0.3 is 15.4 Å². The maximum atomic E-state index is 13.3. The smallest absolute Gasteiger partial charge is 0.219 e. The number of hydrogen-bond acceptors (Lipinski definition) is 4. The van der Waals surface area contributed by atoms with Crippen LogP contribution in [0.4, 0.5) is 4.39 Å². The van der Waals surface area contributed by atoms with Gasteiger partial charge in [-0.3, -0.25) is 4.21 Å². The molecule has 176 valence electrons. The number of aliphatic imine (C=N–C) groups is 1. The van der Waals surface area contributed by atoms with E-state index in [0.717, 1.165) is 49.5 Å².